The van der Waals surface area contributed by atoms with Crippen LogP contribution < -0.4 is 5.32 Å². The third kappa shape index (κ3) is 5.89. The number of carbonyl (C=O) groups excluding carboxylic acids is 2. The van der Waals surface area contributed by atoms with E-state index in [0.717, 1.165) is 11.1 Å². The number of amides is 1. The van der Waals surface area contributed by atoms with Crippen LogP contribution in [0.2, 0.25) is 0 Å². The predicted octanol–water partition coefficient (Wildman–Crippen LogP) is 4.86. The quantitative estimate of drug-likeness (QED) is 0.347. The van der Waals surface area contributed by atoms with E-state index in [1.54, 1.807) is 48.5 Å². The fourth-order valence-corrected chi connectivity index (χ4v) is 4.03. The highest BCUT2D eigenvalue weighted by molar-refractivity contribution is 6.08. The Morgan fingerprint density at radius 3 is 1.57 bits per heavy atom. The molecule has 0 saturated heterocycles. The van der Waals surface area contributed by atoms with E-state index in [1.807, 2.05) is 66.7 Å². The molecule has 1 amide bonds. The Morgan fingerprint density at radius 1 is 0.629 bits per heavy atom. The Morgan fingerprint density at radius 2 is 1.09 bits per heavy atom. The highest BCUT2D eigenvalue weighted by Gasteiger charge is 2.28. The maximum absolute atomic E-state index is 13.3. The van der Waals surface area contributed by atoms with Gasteiger partial charge in [0.2, 0.25) is 5.91 Å². The first-order chi connectivity index (χ1) is 17.0. The van der Waals surface area contributed by atoms with Crippen LogP contribution in [-0.4, -0.2) is 28.8 Å². The van der Waals surface area contributed by atoms with E-state index in [0.29, 0.717) is 16.7 Å². The van der Waals surface area contributed by atoms with Crippen molar-refractivity contribution in [2.75, 3.05) is 0 Å². The lowest BCUT2D eigenvalue weighted by molar-refractivity contribution is -0.141. The van der Waals surface area contributed by atoms with Gasteiger partial charge in [0.15, 0.2) is 5.78 Å². The summed E-state index contributed by atoms with van der Waals surface area (Å²) in [4.78, 5) is 38.0. The number of aliphatic carboxylic acids is 1. The van der Waals surface area contributed by atoms with Gasteiger partial charge in [-0.3, -0.25) is 9.59 Å². The summed E-state index contributed by atoms with van der Waals surface area (Å²) in [6.45, 7) is 0. The largest absolute Gasteiger partial charge is 0.480 e. The monoisotopic (exact) mass is 463 g/mol. The molecule has 0 aliphatic heterocycles. The van der Waals surface area contributed by atoms with Crippen molar-refractivity contribution < 1.29 is 19.5 Å². The summed E-state index contributed by atoms with van der Waals surface area (Å²) in [5.41, 5.74) is 3.37. The first kappa shape index (κ1) is 23.6. The molecule has 0 aliphatic rings. The van der Waals surface area contributed by atoms with Gasteiger partial charge in [-0.2, -0.15) is 0 Å². The van der Waals surface area contributed by atoms with Crippen molar-refractivity contribution in [2.45, 2.75) is 18.4 Å². The van der Waals surface area contributed by atoms with E-state index in [4.69, 9.17) is 0 Å². The van der Waals surface area contributed by atoms with Crippen molar-refractivity contribution in [3.8, 4) is 0 Å². The molecule has 4 aromatic rings. The number of ketones is 1. The van der Waals surface area contributed by atoms with Crippen LogP contribution in [0.15, 0.2) is 115 Å². The number of rotatable bonds is 9. The summed E-state index contributed by atoms with van der Waals surface area (Å²) >= 11 is 0. The third-order valence-electron chi connectivity index (χ3n) is 5.83. The van der Waals surface area contributed by atoms with Crippen molar-refractivity contribution in [2.24, 2.45) is 0 Å². The number of nitrogens with one attached hydrogen (secondary N) is 1. The van der Waals surface area contributed by atoms with E-state index in [2.05, 4.69) is 5.32 Å². The van der Waals surface area contributed by atoms with Crippen LogP contribution in [0.3, 0.4) is 0 Å². The van der Waals surface area contributed by atoms with Crippen LogP contribution in [0.25, 0.3) is 0 Å². The molecule has 4 rings (SSSR count). The van der Waals surface area contributed by atoms with E-state index in [1.165, 1.54) is 0 Å². The van der Waals surface area contributed by atoms with Crippen molar-refractivity contribution in [3.63, 3.8) is 0 Å². The van der Waals surface area contributed by atoms with Gasteiger partial charge < -0.3 is 10.4 Å². The molecule has 174 valence electrons. The lowest BCUT2D eigenvalue weighted by Gasteiger charge is -2.21. The fraction of sp³-hybridized carbons (Fsp3) is 0.100. The Hall–Kier alpha value is -4.51. The van der Waals surface area contributed by atoms with Crippen molar-refractivity contribution in [1.82, 2.24) is 5.32 Å². The molecule has 0 aliphatic carbocycles. The van der Waals surface area contributed by atoms with Gasteiger partial charge in [0.1, 0.15) is 6.04 Å². The lowest BCUT2D eigenvalue weighted by Crippen LogP contribution is -2.44. The lowest BCUT2D eigenvalue weighted by atomic mass is 9.90. The molecule has 2 N–H and O–H groups in total. The maximum Gasteiger partial charge on any atom is 0.326 e. The molecule has 0 spiro atoms. The summed E-state index contributed by atoms with van der Waals surface area (Å²) in [5, 5.41) is 12.5. The second-order valence-electron chi connectivity index (χ2n) is 8.25. The molecule has 0 radical (unpaired) electrons. The van der Waals surface area contributed by atoms with Gasteiger partial charge in [0.25, 0.3) is 0 Å². The normalized spacial score (nSPS) is 11.6. The van der Waals surface area contributed by atoms with E-state index in [9.17, 15) is 19.5 Å². The molecule has 1 atom stereocenters. The fourth-order valence-electron chi connectivity index (χ4n) is 4.03. The van der Waals surface area contributed by atoms with Crippen molar-refractivity contribution in [3.05, 3.63) is 143 Å². The molecule has 0 bridgehead atoms. The molecular weight excluding hydrogens is 438 g/mol. The van der Waals surface area contributed by atoms with Crippen molar-refractivity contribution >= 4 is 17.7 Å². The Balaban J connectivity index is 1.51. The van der Waals surface area contributed by atoms with Gasteiger partial charge >= 0.3 is 5.97 Å². The van der Waals surface area contributed by atoms with E-state index < -0.39 is 17.9 Å². The molecule has 0 unspecified atom stereocenters. The predicted molar refractivity (Wildman–Crippen MR) is 134 cm³/mol. The number of hydrogen-bond acceptors (Lipinski definition) is 3. The summed E-state index contributed by atoms with van der Waals surface area (Å²) in [5.74, 6) is -2.24. The zero-order valence-corrected chi connectivity index (χ0v) is 19.0. The molecule has 35 heavy (non-hydrogen) atoms. The van der Waals surface area contributed by atoms with Gasteiger partial charge in [-0.1, -0.05) is 115 Å². The van der Waals surface area contributed by atoms with Gasteiger partial charge in [-0.25, -0.2) is 4.79 Å². The Labute approximate surface area is 204 Å². The topological polar surface area (TPSA) is 83.5 Å². The molecular formula is C30H25NO4. The number of hydrogen-bond donors (Lipinski definition) is 2. The summed E-state index contributed by atoms with van der Waals surface area (Å²) in [7, 11) is 0. The minimum absolute atomic E-state index is 0.0944. The smallest absolute Gasteiger partial charge is 0.326 e. The molecule has 5 heteroatoms. The van der Waals surface area contributed by atoms with Gasteiger partial charge in [-0.05, 0) is 16.7 Å². The first-order valence-corrected chi connectivity index (χ1v) is 11.3. The maximum atomic E-state index is 13.3. The number of benzene rings is 4. The molecule has 0 fully saturated rings. The van der Waals surface area contributed by atoms with Crippen LogP contribution in [0, 0.1) is 0 Å². The van der Waals surface area contributed by atoms with Gasteiger partial charge in [0, 0.05) is 17.5 Å². The number of carboxylic acid groups (broad SMARTS) is 1. The highest BCUT2D eigenvalue weighted by atomic mass is 16.4. The van der Waals surface area contributed by atoms with Crippen LogP contribution in [0.5, 0.6) is 0 Å². The second-order valence-corrected chi connectivity index (χ2v) is 8.25. The molecule has 5 nitrogen and oxygen atoms in total. The van der Waals surface area contributed by atoms with Gasteiger partial charge in [0.05, 0.1) is 5.92 Å². The zero-order valence-electron chi connectivity index (χ0n) is 19.0. The molecule has 0 saturated carbocycles. The van der Waals surface area contributed by atoms with E-state index >= 15 is 0 Å². The third-order valence-corrected chi connectivity index (χ3v) is 5.83. The average Bonchev–Trinajstić information content (AvgIpc) is 2.90. The van der Waals surface area contributed by atoms with Crippen LogP contribution in [0.4, 0.5) is 0 Å². The zero-order chi connectivity index (χ0) is 24.6. The first-order valence-electron chi connectivity index (χ1n) is 11.3. The number of carboxylic acids is 1. The highest BCUT2D eigenvalue weighted by Crippen LogP contribution is 2.25. The Kier molecular flexibility index (Phi) is 7.48. The second kappa shape index (κ2) is 11.1. The van der Waals surface area contributed by atoms with Crippen LogP contribution >= 0.6 is 0 Å². The summed E-state index contributed by atoms with van der Waals surface area (Å²) in [6.07, 6.45) is 0.0944. The van der Waals surface area contributed by atoms with Gasteiger partial charge in [-0.15, -0.1) is 0 Å². The van der Waals surface area contributed by atoms with Crippen molar-refractivity contribution in [1.29, 1.82) is 0 Å². The Bertz CT molecular complexity index is 1250. The number of carbonyl (C=O) groups is 3. The standard InChI is InChI=1S/C30H25NO4/c32-28(24-14-8-3-9-15-24)25-18-16-21(17-19-25)20-26(30(34)35)31-29(33)27(22-10-4-1-5-11-22)23-12-6-2-7-13-23/h1-19,26-27H,20H2,(H,31,33)(H,34,35)/t26-/m1/s1. The molecule has 4 aromatic carbocycles. The molecule has 0 aromatic heterocycles. The average molecular weight is 464 g/mol. The molecule has 0 heterocycles. The van der Waals surface area contributed by atoms with Crippen LogP contribution in [0.1, 0.15) is 38.5 Å². The minimum atomic E-state index is -1.12. The summed E-state index contributed by atoms with van der Waals surface area (Å²) in [6, 6.07) is 33.2. The van der Waals surface area contributed by atoms with Crippen LogP contribution in [-0.2, 0) is 16.0 Å². The SMILES string of the molecule is O=C(c1ccccc1)c1ccc(C[C@@H](NC(=O)C(c2ccccc2)c2ccccc2)C(=O)O)cc1. The minimum Gasteiger partial charge on any atom is -0.480 e. The summed E-state index contributed by atoms with van der Waals surface area (Å²) < 4.78 is 0. The van der Waals surface area contributed by atoms with E-state index in [-0.39, 0.29) is 18.1 Å².